The number of aromatic nitrogens is 7. The van der Waals surface area contributed by atoms with Crippen LogP contribution in [0.3, 0.4) is 0 Å². The molecule has 0 saturated carbocycles. The van der Waals surface area contributed by atoms with Crippen LogP contribution in [0.1, 0.15) is 24.2 Å². The minimum absolute atomic E-state index is 0.168. The Bertz CT molecular complexity index is 2010. The van der Waals surface area contributed by atoms with Gasteiger partial charge in [0, 0.05) is 49.2 Å². The normalized spacial score (nSPS) is 14.0. The molecule has 1 aromatic carbocycles. The van der Waals surface area contributed by atoms with Crippen LogP contribution in [-0.2, 0) is 6.54 Å². The lowest BCUT2D eigenvalue weighted by Gasteiger charge is -2.32. The molecule has 6 aromatic rings. The summed E-state index contributed by atoms with van der Waals surface area (Å²) in [4.78, 5) is 24.0. The van der Waals surface area contributed by atoms with Crippen LogP contribution in [0.25, 0.3) is 39.5 Å². The number of imidazole rings is 1. The Balaban J connectivity index is 1.13. The van der Waals surface area contributed by atoms with Crippen LogP contribution in [-0.4, -0.2) is 58.6 Å². The lowest BCUT2D eigenvalue weighted by Crippen LogP contribution is -2.38. The van der Waals surface area contributed by atoms with Crippen molar-refractivity contribution < 1.29 is 4.39 Å². The predicted octanol–water partition coefficient (Wildman–Crippen LogP) is 4.98. The summed E-state index contributed by atoms with van der Waals surface area (Å²) in [5.41, 5.74) is 12.4. The van der Waals surface area contributed by atoms with Crippen molar-refractivity contribution in [2.45, 2.75) is 25.4 Å². The van der Waals surface area contributed by atoms with Crippen LogP contribution >= 0.6 is 0 Å². The number of piperidine rings is 1. The third kappa shape index (κ3) is 5.89. The molecular weight excluding hydrogens is 569 g/mol. The fourth-order valence-corrected chi connectivity index (χ4v) is 5.63. The Hall–Kier alpha value is -5.80. The summed E-state index contributed by atoms with van der Waals surface area (Å²) in [6.45, 7) is 2.71. The molecule has 45 heavy (non-hydrogen) atoms. The van der Waals surface area contributed by atoms with Gasteiger partial charge >= 0.3 is 0 Å². The molecule has 6 heterocycles. The van der Waals surface area contributed by atoms with Crippen LogP contribution in [0.5, 0.6) is 0 Å². The first-order chi connectivity index (χ1) is 22.0. The monoisotopic (exact) mass is 597 g/mol. The number of rotatable bonds is 7. The van der Waals surface area contributed by atoms with Crippen LogP contribution in [0.4, 0.5) is 16.0 Å². The lowest BCUT2D eigenvalue weighted by molar-refractivity contribution is 0.211. The first kappa shape index (κ1) is 28.0. The highest BCUT2D eigenvalue weighted by molar-refractivity contribution is 5.86. The summed E-state index contributed by atoms with van der Waals surface area (Å²) in [7, 11) is 0. The second kappa shape index (κ2) is 12.1. The molecule has 3 N–H and O–H groups in total. The van der Waals surface area contributed by atoms with Crippen LogP contribution in [0.15, 0.2) is 85.3 Å². The average Bonchev–Trinajstić information content (AvgIpc) is 3.45. The molecule has 1 aliphatic rings. The fourth-order valence-electron chi connectivity index (χ4n) is 5.63. The number of hydrogen-bond donors (Lipinski definition) is 2. The predicted molar refractivity (Wildman–Crippen MR) is 168 cm³/mol. The minimum Gasteiger partial charge on any atom is -0.383 e. The van der Waals surface area contributed by atoms with Crippen LogP contribution in [0, 0.1) is 17.1 Å². The van der Waals surface area contributed by atoms with Gasteiger partial charge in [0.2, 0.25) is 5.82 Å². The maximum atomic E-state index is 13.5. The molecule has 1 aliphatic heterocycles. The van der Waals surface area contributed by atoms with Crippen molar-refractivity contribution in [2.75, 3.05) is 24.1 Å². The Morgan fingerprint density at radius 1 is 0.911 bits per heavy atom. The van der Waals surface area contributed by atoms with Gasteiger partial charge in [-0.15, -0.1) is 0 Å². The van der Waals surface area contributed by atoms with Crippen LogP contribution < -0.4 is 11.1 Å². The Kier molecular flexibility index (Phi) is 7.51. The van der Waals surface area contributed by atoms with Crippen molar-refractivity contribution in [2.24, 2.45) is 0 Å². The van der Waals surface area contributed by atoms with Gasteiger partial charge in [-0.05, 0) is 60.9 Å². The topological polar surface area (TPSA) is 147 Å². The number of pyridine rings is 2. The third-order valence-electron chi connectivity index (χ3n) is 7.89. The van der Waals surface area contributed by atoms with E-state index in [-0.39, 0.29) is 5.82 Å². The van der Waals surface area contributed by atoms with Gasteiger partial charge in [-0.1, -0.05) is 24.3 Å². The molecule has 7 rings (SSSR count). The van der Waals surface area contributed by atoms with E-state index < -0.39 is 5.82 Å². The van der Waals surface area contributed by atoms with Crippen molar-refractivity contribution in [3.05, 3.63) is 103 Å². The van der Waals surface area contributed by atoms with Gasteiger partial charge in [-0.3, -0.25) is 9.88 Å². The minimum atomic E-state index is -0.407. The summed E-state index contributed by atoms with van der Waals surface area (Å²) < 4.78 is 15.3. The average molecular weight is 598 g/mol. The molecule has 11 nitrogen and oxygen atoms in total. The van der Waals surface area contributed by atoms with Crippen molar-refractivity contribution in [1.82, 2.24) is 39.4 Å². The van der Waals surface area contributed by atoms with Crippen molar-refractivity contribution >= 4 is 17.3 Å². The lowest BCUT2D eigenvalue weighted by atomic mass is 10.0. The number of halogens is 1. The van der Waals surface area contributed by atoms with E-state index in [2.05, 4.69) is 54.4 Å². The Morgan fingerprint density at radius 3 is 2.49 bits per heavy atom. The maximum absolute atomic E-state index is 13.5. The second-order valence-electron chi connectivity index (χ2n) is 10.9. The van der Waals surface area contributed by atoms with Crippen molar-refractivity contribution in [3.8, 4) is 40.0 Å². The standard InChI is InChI=1S/C33H28FN11/c34-23-7-8-26(39-19-23)27-9-10-30-42-31(25-2-1-14-38-33(25)36)32(45(30)43-27)22-5-3-21(4-6-22)20-44-16-12-24(13-17-44)40-28-11-15-37-29(18-35)41-28/h1-11,14-15,19,24H,12-13,16-17,20H2,(H2,36,38)(H,37,40,41). The summed E-state index contributed by atoms with van der Waals surface area (Å²) in [6, 6.07) is 22.9. The number of nitrogen functional groups attached to an aromatic ring is 1. The summed E-state index contributed by atoms with van der Waals surface area (Å²) >= 11 is 0. The fraction of sp³-hybridized carbons (Fsp3) is 0.182. The number of nitrogens with two attached hydrogens (primary N) is 1. The van der Waals surface area contributed by atoms with Crippen molar-refractivity contribution in [3.63, 3.8) is 0 Å². The van der Waals surface area contributed by atoms with Gasteiger partial charge < -0.3 is 11.1 Å². The highest BCUT2D eigenvalue weighted by Crippen LogP contribution is 2.35. The number of benzene rings is 1. The van der Waals surface area contributed by atoms with Crippen molar-refractivity contribution in [1.29, 1.82) is 5.26 Å². The van der Waals surface area contributed by atoms with Gasteiger partial charge in [0.1, 0.15) is 40.6 Å². The molecule has 0 aliphatic carbocycles. The van der Waals surface area contributed by atoms with E-state index in [0.29, 0.717) is 46.0 Å². The quantitative estimate of drug-likeness (QED) is 0.258. The van der Waals surface area contributed by atoms with E-state index in [9.17, 15) is 4.39 Å². The molecule has 12 heteroatoms. The third-order valence-corrected chi connectivity index (χ3v) is 7.89. The maximum Gasteiger partial charge on any atom is 0.234 e. The second-order valence-corrected chi connectivity index (χ2v) is 10.9. The molecule has 222 valence electrons. The summed E-state index contributed by atoms with van der Waals surface area (Å²) in [6.07, 6.45) is 6.38. The number of hydrogen-bond acceptors (Lipinski definition) is 10. The van der Waals surface area contributed by atoms with Crippen LogP contribution in [0.2, 0.25) is 0 Å². The number of likely N-dealkylation sites (tertiary alicyclic amines) is 1. The molecular formula is C33H28FN11. The highest BCUT2D eigenvalue weighted by Gasteiger charge is 2.22. The largest absolute Gasteiger partial charge is 0.383 e. The number of fused-ring (bicyclic) bond motifs is 1. The number of anilines is 2. The van der Waals surface area contributed by atoms with Gasteiger partial charge in [0.25, 0.3) is 0 Å². The molecule has 0 radical (unpaired) electrons. The zero-order chi connectivity index (χ0) is 30.8. The number of nitriles is 1. The Labute approximate surface area is 258 Å². The van der Waals surface area contributed by atoms with E-state index in [1.807, 2.05) is 30.3 Å². The molecule has 0 unspecified atom stereocenters. The van der Waals surface area contributed by atoms with E-state index in [4.69, 9.17) is 21.1 Å². The van der Waals surface area contributed by atoms with Gasteiger partial charge in [0.05, 0.1) is 11.9 Å². The molecule has 0 bridgehead atoms. The van der Waals surface area contributed by atoms with Gasteiger partial charge in [-0.2, -0.15) is 10.4 Å². The van der Waals surface area contributed by atoms with E-state index >= 15 is 0 Å². The zero-order valence-electron chi connectivity index (χ0n) is 24.2. The molecule has 5 aromatic heterocycles. The van der Waals surface area contributed by atoms with E-state index in [1.165, 1.54) is 17.8 Å². The van der Waals surface area contributed by atoms with Gasteiger partial charge in [-0.25, -0.2) is 28.8 Å². The first-order valence-electron chi connectivity index (χ1n) is 14.6. The highest BCUT2D eigenvalue weighted by atomic mass is 19.1. The molecule has 1 fully saturated rings. The first-order valence-corrected chi connectivity index (χ1v) is 14.6. The zero-order valence-corrected chi connectivity index (χ0v) is 24.2. The van der Waals surface area contributed by atoms with Gasteiger partial charge in [0.15, 0.2) is 5.65 Å². The van der Waals surface area contributed by atoms with E-state index in [1.54, 1.807) is 29.0 Å². The summed E-state index contributed by atoms with van der Waals surface area (Å²) in [5.74, 6) is 0.825. The molecule has 0 amide bonds. The molecule has 0 atom stereocenters. The SMILES string of the molecule is N#Cc1nccc(NC2CCN(Cc3ccc(-c4c(-c5cccnc5N)nc5ccc(-c6ccc(F)cn6)nn45)cc3)CC2)n1. The number of nitrogens with one attached hydrogen (secondary N) is 1. The molecule has 0 spiro atoms. The van der Waals surface area contributed by atoms with E-state index in [0.717, 1.165) is 43.7 Å². The molecule has 1 saturated heterocycles. The summed E-state index contributed by atoms with van der Waals surface area (Å²) in [5, 5.41) is 17.4. The smallest absolute Gasteiger partial charge is 0.234 e. The Morgan fingerprint density at radius 2 is 1.73 bits per heavy atom. The number of nitrogens with zero attached hydrogens (tertiary/aromatic N) is 9.